The number of nitrogens with zero attached hydrogens (tertiary/aromatic N) is 1. The van der Waals surface area contributed by atoms with Crippen molar-refractivity contribution in [3.8, 4) is 5.75 Å². The molecule has 0 unspecified atom stereocenters. The normalized spacial score (nSPS) is 11.3. The Labute approximate surface area is 131 Å². The molecule has 2 aromatic rings. The Bertz CT molecular complexity index is 606. The Hall–Kier alpha value is -2.43. The number of hydrogen-bond acceptors (Lipinski definition) is 3. The first-order chi connectivity index (χ1) is 10.7. The van der Waals surface area contributed by atoms with Gasteiger partial charge in [-0.2, -0.15) is 0 Å². The lowest BCUT2D eigenvalue weighted by atomic mass is 10.1. The molecular formula is C17H23N3O2. The van der Waals surface area contributed by atoms with Gasteiger partial charge in [0, 0.05) is 6.54 Å². The van der Waals surface area contributed by atoms with Crippen LogP contribution in [-0.2, 0) is 13.1 Å². The second-order valence-electron chi connectivity index (χ2n) is 4.93. The lowest BCUT2D eigenvalue weighted by Crippen LogP contribution is -2.36. The summed E-state index contributed by atoms with van der Waals surface area (Å²) in [6, 6.07) is 9.94. The van der Waals surface area contributed by atoms with Crippen molar-refractivity contribution in [2.45, 2.75) is 26.9 Å². The molecule has 5 heteroatoms. The number of furan rings is 1. The van der Waals surface area contributed by atoms with E-state index < -0.39 is 0 Å². The summed E-state index contributed by atoms with van der Waals surface area (Å²) in [5.74, 6) is 2.53. The summed E-state index contributed by atoms with van der Waals surface area (Å²) in [6.07, 6.45) is 1.67. The maximum Gasteiger partial charge on any atom is 0.191 e. The van der Waals surface area contributed by atoms with E-state index in [2.05, 4.69) is 21.7 Å². The van der Waals surface area contributed by atoms with Crippen LogP contribution in [0.15, 0.2) is 46.0 Å². The van der Waals surface area contributed by atoms with Crippen LogP contribution in [0, 0.1) is 6.92 Å². The fourth-order valence-electron chi connectivity index (χ4n) is 2.06. The number of hydrogen-bond donors (Lipinski definition) is 2. The highest BCUT2D eigenvalue weighted by Crippen LogP contribution is 2.19. The largest absolute Gasteiger partial charge is 0.496 e. The zero-order valence-electron chi connectivity index (χ0n) is 13.3. The molecule has 0 aliphatic rings. The molecule has 1 aromatic carbocycles. The number of methoxy groups -OCH3 is 1. The number of guanidine groups is 1. The van der Waals surface area contributed by atoms with Gasteiger partial charge in [-0.25, -0.2) is 4.99 Å². The molecule has 22 heavy (non-hydrogen) atoms. The van der Waals surface area contributed by atoms with Crippen LogP contribution in [0.25, 0.3) is 0 Å². The lowest BCUT2D eigenvalue weighted by molar-refractivity contribution is 0.411. The minimum absolute atomic E-state index is 0.587. The van der Waals surface area contributed by atoms with E-state index in [1.807, 2.05) is 38.1 Å². The minimum atomic E-state index is 0.587. The third-order valence-corrected chi connectivity index (χ3v) is 3.25. The van der Waals surface area contributed by atoms with Gasteiger partial charge in [-0.1, -0.05) is 12.1 Å². The van der Waals surface area contributed by atoms with E-state index in [1.165, 1.54) is 0 Å². The topological polar surface area (TPSA) is 58.8 Å². The van der Waals surface area contributed by atoms with Crippen LogP contribution in [0.2, 0.25) is 0 Å². The molecule has 0 saturated carbocycles. The zero-order valence-corrected chi connectivity index (χ0v) is 13.3. The number of aliphatic imine (C=N–C) groups is 1. The standard InChI is InChI=1S/C17H23N3O2/c1-4-18-17(20-12-15-6-5-9-22-15)19-11-14-8-7-13(2)16(10-14)21-3/h5-10H,4,11-12H2,1-3H3,(H2,18,19,20). The van der Waals surface area contributed by atoms with Crippen LogP contribution < -0.4 is 15.4 Å². The fourth-order valence-corrected chi connectivity index (χ4v) is 2.06. The molecule has 2 N–H and O–H groups in total. The Morgan fingerprint density at radius 3 is 2.82 bits per heavy atom. The first kappa shape index (κ1) is 15.9. The second-order valence-corrected chi connectivity index (χ2v) is 4.93. The first-order valence-electron chi connectivity index (χ1n) is 7.41. The Morgan fingerprint density at radius 1 is 1.27 bits per heavy atom. The lowest BCUT2D eigenvalue weighted by Gasteiger charge is -2.11. The van der Waals surface area contributed by atoms with Gasteiger partial charge in [0.15, 0.2) is 5.96 Å². The molecule has 0 aliphatic heterocycles. The summed E-state index contributed by atoms with van der Waals surface area (Å²) < 4.78 is 10.7. The molecule has 0 bridgehead atoms. The smallest absolute Gasteiger partial charge is 0.191 e. The molecule has 0 spiro atoms. The van der Waals surface area contributed by atoms with Gasteiger partial charge in [-0.3, -0.25) is 0 Å². The molecule has 0 fully saturated rings. The third-order valence-electron chi connectivity index (χ3n) is 3.25. The maximum atomic E-state index is 5.34. The van der Waals surface area contributed by atoms with Gasteiger partial charge >= 0.3 is 0 Å². The Kier molecular flexibility index (Phi) is 5.89. The van der Waals surface area contributed by atoms with Crippen molar-refractivity contribution in [3.63, 3.8) is 0 Å². The van der Waals surface area contributed by atoms with Gasteiger partial charge in [-0.15, -0.1) is 0 Å². The summed E-state index contributed by atoms with van der Waals surface area (Å²) in [6.45, 7) is 6.07. The minimum Gasteiger partial charge on any atom is -0.496 e. The van der Waals surface area contributed by atoms with E-state index in [0.717, 1.165) is 35.1 Å². The molecular weight excluding hydrogens is 278 g/mol. The predicted molar refractivity (Wildman–Crippen MR) is 88.1 cm³/mol. The first-order valence-corrected chi connectivity index (χ1v) is 7.41. The quantitative estimate of drug-likeness (QED) is 0.636. The van der Waals surface area contributed by atoms with E-state index in [0.29, 0.717) is 13.1 Å². The highest BCUT2D eigenvalue weighted by atomic mass is 16.5. The van der Waals surface area contributed by atoms with Crippen molar-refractivity contribution in [2.75, 3.05) is 13.7 Å². The summed E-state index contributed by atoms with van der Waals surface area (Å²) in [7, 11) is 1.68. The van der Waals surface area contributed by atoms with Gasteiger partial charge in [0.1, 0.15) is 11.5 Å². The van der Waals surface area contributed by atoms with Crippen LogP contribution in [-0.4, -0.2) is 19.6 Å². The number of rotatable bonds is 6. The number of benzene rings is 1. The van der Waals surface area contributed by atoms with Gasteiger partial charge in [0.2, 0.25) is 0 Å². The van der Waals surface area contributed by atoms with Crippen molar-refractivity contribution in [3.05, 3.63) is 53.5 Å². The molecule has 0 radical (unpaired) electrons. The zero-order chi connectivity index (χ0) is 15.8. The van der Waals surface area contributed by atoms with Crippen LogP contribution in [0.1, 0.15) is 23.8 Å². The summed E-state index contributed by atoms with van der Waals surface area (Å²) in [4.78, 5) is 4.59. The van der Waals surface area contributed by atoms with E-state index in [9.17, 15) is 0 Å². The monoisotopic (exact) mass is 301 g/mol. The van der Waals surface area contributed by atoms with Gasteiger partial charge < -0.3 is 19.8 Å². The Morgan fingerprint density at radius 2 is 2.14 bits per heavy atom. The van der Waals surface area contributed by atoms with E-state index in [-0.39, 0.29) is 0 Å². The molecule has 1 heterocycles. The number of nitrogens with one attached hydrogen (secondary N) is 2. The van der Waals surface area contributed by atoms with Crippen LogP contribution >= 0.6 is 0 Å². The van der Waals surface area contributed by atoms with Crippen molar-refractivity contribution >= 4 is 5.96 Å². The summed E-state index contributed by atoms with van der Waals surface area (Å²) in [5, 5.41) is 6.47. The molecule has 0 amide bonds. The van der Waals surface area contributed by atoms with E-state index in [4.69, 9.17) is 9.15 Å². The molecule has 0 atom stereocenters. The van der Waals surface area contributed by atoms with Crippen molar-refractivity contribution in [2.24, 2.45) is 4.99 Å². The van der Waals surface area contributed by atoms with Gasteiger partial charge in [-0.05, 0) is 43.2 Å². The van der Waals surface area contributed by atoms with Crippen LogP contribution in [0.4, 0.5) is 0 Å². The number of ether oxygens (including phenoxy) is 1. The second kappa shape index (κ2) is 8.12. The maximum absolute atomic E-state index is 5.34. The predicted octanol–water partition coefficient (Wildman–Crippen LogP) is 2.85. The number of aryl methyl sites for hydroxylation is 1. The molecule has 0 saturated heterocycles. The fraction of sp³-hybridized carbons (Fsp3) is 0.353. The van der Waals surface area contributed by atoms with Crippen molar-refractivity contribution < 1.29 is 9.15 Å². The average molecular weight is 301 g/mol. The summed E-state index contributed by atoms with van der Waals surface area (Å²) in [5.41, 5.74) is 2.23. The van der Waals surface area contributed by atoms with Crippen LogP contribution in [0.3, 0.4) is 0 Å². The van der Waals surface area contributed by atoms with E-state index >= 15 is 0 Å². The van der Waals surface area contributed by atoms with Crippen molar-refractivity contribution in [1.29, 1.82) is 0 Å². The van der Waals surface area contributed by atoms with Gasteiger partial charge in [0.25, 0.3) is 0 Å². The Balaban J connectivity index is 1.99. The van der Waals surface area contributed by atoms with Gasteiger partial charge in [0.05, 0.1) is 26.5 Å². The van der Waals surface area contributed by atoms with E-state index in [1.54, 1.807) is 13.4 Å². The third kappa shape index (κ3) is 4.55. The molecule has 0 aliphatic carbocycles. The highest BCUT2D eigenvalue weighted by Gasteiger charge is 2.02. The average Bonchev–Trinajstić information content (AvgIpc) is 3.04. The van der Waals surface area contributed by atoms with Crippen LogP contribution in [0.5, 0.6) is 5.75 Å². The summed E-state index contributed by atoms with van der Waals surface area (Å²) >= 11 is 0. The van der Waals surface area contributed by atoms with Crippen molar-refractivity contribution in [1.82, 2.24) is 10.6 Å². The molecule has 5 nitrogen and oxygen atoms in total. The molecule has 2 rings (SSSR count). The molecule has 1 aromatic heterocycles. The highest BCUT2D eigenvalue weighted by molar-refractivity contribution is 5.79. The SMILES string of the molecule is CCNC(=NCc1ccc(C)c(OC)c1)NCc1ccco1. The molecule has 118 valence electrons.